The summed E-state index contributed by atoms with van der Waals surface area (Å²) in [7, 11) is 0. The lowest BCUT2D eigenvalue weighted by atomic mass is 10.1. The highest BCUT2D eigenvalue weighted by molar-refractivity contribution is 5.66. The Morgan fingerprint density at radius 2 is 1.85 bits per heavy atom. The number of aryl methyl sites for hydroxylation is 2. The van der Waals surface area contributed by atoms with Crippen molar-refractivity contribution in [3.8, 4) is 0 Å². The molecule has 13 heavy (non-hydrogen) atoms. The molecule has 0 fully saturated rings. The number of hydrogen-bond acceptors (Lipinski definition) is 2. The van der Waals surface area contributed by atoms with Crippen molar-refractivity contribution < 1.29 is 0 Å². The van der Waals surface area contributed by atoms with E-state index in [0.717, 1.165) is 29.2 Å². The van der Waals surface area contributed by atoms with Crippen molar-refractivity contribution in [2.24, 2.45) is 0 Å². The fourth-order valence-electron chi connectivity index (χ4n) is 1.52. The van der Waals surface area contributed by atoms with E-state index >= 15 is 0 Å². The van der Waals surface area contributed by atoms with Gasteiger partial charge in [0.2, 0.25) is 0 Å². The Balaban J connectivity index is 2.67. The fraction of sp³-hybridized carbons (Fsp3) is 0.273. The second kappa shape index (κ2) is 3.13. The summed E-state index contributed by atoms with van der Waals surface area (Å²) < 4.78 is 0. The molecule has 2 heteroatoms. The molecule has 0 spiro atoms. The molecular weight excluding hydrogens is 160 g/mol. The summed E-state index contributed by atoms with van der Waals surface area (Å²) in [6, 6.07) is 0. The first-order valence-electron chi connectivity index (χ1n) is 4.45. The molecule has 2 nitrogen and oxygen atoms in total. The van der Waals surface area contributed by atoms with Gasteiger partial charge >= 0.3 is 0 Å². The van der Waals surface area contributed by atoms with Crippen LogP contribution in [0.5, 0.6) is 0 Å². The molecule has 0 bridgehead atoms. The van der Waals surface area contributed by atoms with Crippen molar-refractivity contribution in [1.82, 2.24) is 9.97 Å². The van der Waals surface area contributed by atoms with Crippen LogP contribution in [0.2, 0.25) is 0 Å². The Labute approximate surface area is 78.0 Å². The smallest absolute Gasteiger partial charge is 0.126 e. The zero-order valence-electron chi connectivity index (χ0n) is 7.91. The van der Waals surface area contributed by atoms with Crippen LogP contribution in [0.25, 0.3) is 12.2 Å². The predicted octanol–water partition coefficient (Wildman–Crippen LogP) is 2.52. The van der Waals surface area contributed by atoms with Gasteiger partial charge in [0.25, 0.3) is 0 Å². The molecule has 2 rings (SSSR count). The summed E-state index contributed by atoms with van der Waals surface area (Å²) in [4.78, 5) is 8.72. The van der Waals surface area contributed by atoms with E-state index in [1.54, 1.807) is 0 Å². The molecule has 1 aromatic rings. The maximum Gasteiger partial charge on any atom is 0.126 e. The first-order chi connectivity index (χ1) is 6.27. The first-order valence-corrected chi connectivity index (χ1v) is 4.45. The molecule has 0 atom stereocenters. The fourth-order valence-corrected chi connectivity index (χ4v) is 1.52. The lowest BCUT2D eigenvalue weighted by Gasteiger charge is -2.04. The minimum absolute atomic E-state index is 0.844. The van der Waals surface area contributed by atoms with Crippen LogP contribution in [0.3, 0.4) is 0 Å². The lowest BCUT2D eigenvalue weighted by Crippen LogP contribution is -1.98. The van der Waals surface area contributed by atoms with Gasteiger partial charge in [-0.25, -0.2) is 9.97 Å². The minimum atomic E-state index is 0.844. The van der Waals surface area contributed by atoms with Gasteiger partial charge in [0.1, 0.15) is 5.82 Å². The van der Waals surface area contributed by atoms with Crippen molar-refractivity contribution in [2.75, 3.05) is 0 Å². The van der Waals surface area contributed by atoms with Crippen LogP contribution in [0, 0.1) is 13.8 Å². The Bertz CT molecular complexity index is 389. The summed E-state index contributed by atoms with van der Waals surface area (Å²) in [5, 5.41) is 0. The van der Waals surface area contributed by atoms with Gasteiger partial charge in [0, 0.05) is 11.3 Å². The van der Waals surface area contributed by atoms with Crippen LogP contribution >= 0.6 is 0 Å². The van der Waals surface area contributed by atoms with Crippen molar-refractivity contribution in [2.45, 2.75) is 20.3 Å². The molecule has 0 saturated carbocycles. The Morgan fingerprint density at radius 1 is 1.08 bits per heavy atom. The standard InChI is InChI=1S/C11H12N2/c1-8-10-6-4-3-5-7-11(10)13-9(2)12-8/h4-7H,3H2,1-2H3. The molecule has 0 saturated heterocycles. The predicted molar refractivity (Wildman–Crippen MR) is 54.2 cm³/mol. The summed E-state index contributed by atoms with van der Waals surface area (Å²) in [6.07, 6.45) is 9.40. The lowest BCUT2D eigenvalue weighted by molar-refractivity contribution is 0.995. The van der Waals surface area contributed by atoms with Crippen LogP contribution in [0.15, 0.2) is 12.2 Å². The molecule has 66 valence electrons. The maximum atomic E-state index is 4.39. The summed E-state index contributed by atoms with van der Waals surface area (Å²) >= 11 is 0. The van der Waals surface area contributed by atoms with Crippen LogP contribution in [-0.4, -0.2) is 9.97 Å². The molecule has 1 heterocycles. The SMILES string of the molecule is Cc1nc(C)c2c(n1)C=CCC=C2. The first kappa shape index (κ1) is 8.17. The van der Waals surface area contributed by atoms with Crippen LogP contribution in [0.4, 0.5) is 0 Å². The zero-order valence-corrected chi connectivity index (χ0v) is 7.91. The second-order valence-electron chi connectivity index (χ2n) is 3.20. The van der Waals surface area contributed by atoms with E-state index in [4.69, 9.17) is 0 Å². The van der Waals surface area contributed by atoms with E-state index in [1.165, 1.54) is 0 Å². The molecule has 0 amide bonds. The highest BCUT2D eigenvalue weighted by atomic mass is 14.9. The van der Waals surface area contributed by atoms with E-state index in [2.05, 4.69) is 34.3 Å². The monoisotopic (exact) mass is 172 g/mol. The van der Waals surface area contributed by atoms with Crippen LogP contribution in [-0.2, 0) is 0 Å². The average molecular weight is 172 g/mol. The summed E-state index contributed by atoms with van der Waals surface area (Å²) in [5.74, 6) is 0.844. The molecule has 1 aromatic heterocycles. The van der Waals surface area contributed by atoms with E-state index in [-0.39, 0.29) is 0 Å². The second-order valence-corrected chi connectivity index (χ2v) is 3.20. The highest BCUT2D eigenvalue weighted by Gasteiger charge is 2.05. The van der Waals surface area contributed by atoms with Crippen LogP contribution in [0.1, 0.15) is 29.2 Å². The Hall–Kier alpha value is -1.44. The van der Waals surface area contributed by atoms with E-state index in [0.29, 0.717) is 0 Å². The molecule has 1 aliphatic rings. The number of hydrogen-bond donors (Lipinski definition) is 0. The molecule has 0 aliphatic heterocycles. The zero-order chi connectivity index (χ0) is 9.26. The molecule has 0 unspecified atom stereocenters. The number of nitrogens with zero attached hydrogens (tertiary/aromatic N) is 2. The van der Waals surface area contributed by atoms with Crippen molar-refractivity contribution in [1.29, 1.82) is 0 Å². The van der Waals surface area contributed by atoms with Gasteiger partial charge < -0.3 is 0 Å². The highest BCUT2D eigenvalue weighted by Crippen LogP contribution is 2.17. The van der Waals surface area contributed by atoms with E-state index < -0.39 is 0 Å². The Kier molecular flexibility index (Phi) is 1.97. The third-order valence-corrected chi connectivity index (χ3v) is 2.11. The quantitative estimate of drug-likeness (QED) is 0.601. The van der Waals surface area contributed by atoms with Gasteiger partial charge in [-0.2, -0.15) is 0 Å². The normalized spacial score (nSPS) is 14.0. The molecule has 0 aromatic carbocycles. The number of rotatable bonds is 0. The Morgan fingerprint density at radius 3 is 2.69 bits per heavy atom. The van der Waals surface area contributed by atoms with E-state index in [9.17, 15) is 0 Å². The molecule has 0 radical (unpaired) electrons. The summed E-state index contributed by atoms with van der Waals surface area (Å²) in [5.41, 5.74) is 3.25. The number of fused-ring (bicyclic) bond motifs is 1. The van der Waals surface area contributed by atoms with Gasteiger partial charge in [0.15, 0.2) is 0 Å². The van der Waals surface area contributed by atoms with E-state index in [1.807, 2.05) is 13.8 Å². The van der Waals surface area contributed by atoms with Crippen molar-refractivity contribution in [3.05, 3.63) is 34.9 Å². The van der Waals surface area contributed by atoms with Gasteiger partial charge in [-0.1, -0.05) is 18.2 Å². The maximum absolute atomic E-state index is 4.39. The van der Waals surface area contributed by atoms with Crippen LogP contribution < -0.4 is 0 Å². The minimum Gasteiger partial charge on any atom is -0.238 e. The topological polar surface area (TPSA) is 25.8 Å². The third kappa shape index (κ3) is 1.52. The molecule has 1 aliphatic carbocycles. The van der Waals surface area contributed by atoms with Crippen molar-refractivity contribution >= 4 is 12.2 Å². The van der Waals surface area contributed by atoms with Crippen molar-refractivity contribution in [3.63, 3.8) is 0 Å². The summed E-state index contributed by atoms with van der Waals surface area (Å²) in [6.45, 7) is 3.95. The largest absolute Gasteiger partial charge is 0.238 e. The molecular formula is C11H12N2. The van der Waals surface area contributed by atoms with Gasteiger partial charge in [0.05, 0.1) is 5.69 Å². The average Bonchev–Trinajstić information content (AvgIpc) is 2.28. The number of aromatic nitrogens is 2. The molecule has 0 N–H and O–H groups in total. The van der Waals surface area contributed by atoms with Gasteiger partial charge in [-0.15, -0.1) is 0 Å². The van der Waals surface area contributed by atoms with Gasteiger partial charge in [-0.3, -0.25) is 0 Å². The number of allylic oxidation sites excluding steroid dienone is 2. The van der Waals surface area contributed by atoms with Gasteiger partial charge in [-0.05, 0) is 26.3 Å². The third-order valence-electron chi connectivity index (χ3n) is 2.11.